The Morgan fingerprint density at radius 2 is 0.625 bits per heavy atom. The monoisotopic (exact) mass is 326 g/mol. The number of carbonyl (C=O) groups excluding carboxylic acids is 3. The zero-order valence-electron chi connectivity index (χ0n) is 10.4. The van der Waals surface area contributed by atoms with Crippen molar-refractivity contribution in [2.45, 2.75) is 20.8 Å². The van der Waals surface area contributed by atoms with Crippen LogP contribution in [0.1, 0.15) is 20.8 Å². The molecule has 0 saturated heterocycles. The third kappa shape index (κ3) is 986. The molecule has 0 aromatic carbocycles. The van der Waals surface area contributed by atoms with E-state index in [-0.39, 0.29) is 106 Å². The molecule has 0 spiro atoms. The molecule has 10 heteroatoms. The quantitative estimate of drug-likeness (QED) is 0.407. The van der Waals surface area contributed by atoms with Gasteiger partial charge in [-0.05, 0) is 20.8 Å². The van der Waals surface area contributed by atoms with Gasteiger partial charge in [-0.2, -0.15) is 0 Å². The van der Waals surface area contributed by atoms with E-state index in [1.54, 1.807) is 0 Å². The Kier molecular flexibility index (Phi) is 96.7. The molecule has 0 unspecified atom stereocenters. The molecule has 0 fully saturated rings. The normalized spacial score (nSPS) is 4.69. The Bertz CT molecular complexity index is 126. The Balaban J connectivity index is -0.0000000135. The van der Waals surface area contributed by atoms with Crippen LogP contribution in [-0.2, 0) is 14.4 Å². The summed E-state index contributed by atoms with van der Waals surface area (Å²) in [6.07, 6.45) is 0. The van der Waals surface area contributed by atoms with Crippen molar-refractivity contribution in [3.8, 4) is 0 Å². The summed E-state index contributed by atoms with van der Waals surface area (Å²) in [5.41, 5.74) is 0. The van der Waals surface area contributed by atoms with Crippen molar-refractivity contribution in [3.05, 3.63) is 0 Å². The summed E-state index contributed by atoms with van der Waals surface area (Å²) in [4.78, 5) is 26.7. The first kappa shape index (κ1) is 43.0. The van der Waals surface area contributed by atoms with Crippen molar-refractivity contribution in [2.75, 3.05) is 0 Å². The number of halogens is 1. The average Bonchev–Trinajstić information content (AvgIpc) is 1.54. The third-order valence-corrected chi connectivity index (χ3v) is 0. The zero-order chi connectivity index (χ0) is 10.7. The smallest absolute Gasteiger partial charge is 0.550 e. The molecular weight excluding hydrogens is 317 g/mol. The maximum absolute atomic E-state index is 8.89. The maximum atomic E-state index is 8.89. The minimum Gasteiger partial charge on any atom is -0.550 e. The van der Waals surface area contributed by atoms with E-state index in [9.17, 15) is 0 Å². The number of carboxylic acids is 3. The second-order valence-electron chi connectivity index (χ2n) is 1.47. The molecule has 6 nitrogen and oxygen atoms in total. The van der Waals surface area contributed by atoms with Crippen LogP contribution >= 0.6 is 17.0 Å². The number of carbonyl (C=O) groups is 3. The fourth-order valence-electron chi connectivity index (χ4n) is 0. The van der Waals surface area contributed by atoms with Gasteiger partial charge in [0.1, 0.15) is 0 Å². The van der Waals surface area contributed by atoms with Crippen LogP contribution in [0.2, 0.25) is 0 Å². The molecule has 0 aromatic rings. The van der Waals surface area contributed by atoms with E-state index < -0.39 is 17.9 Å². The molecule has 0 rings (SSSR count). The fourth-order valence-corrected chi connectivity index (χ4v) is 0. The van der Waals surface area contributed by atoms with Crippen LogP contribution < -0.4 is 104 Å². The van der Waals surface area contributed by atoms with Crippen LogP contribution in [0, 0.1) is 0 Å². The summed E-state index contributed by atoms with van der Waals surface area (Å²) in [6, 6.07) is 0. The van der Waals surface area contributed by atoms with Gasteiger partial charge < -0.3 is 29.7 Å². The second-order valence-corrected chi connectivity index (χ2v) is 1.47. The molecule has 0 aliphatic carbocycles. The summed E-state index contributed by atoms with van der Waals surface area (Å²) < 4.78 is 0. The van der Waals surface area contributed by atoms with E-state index in [4.69, 9.17) is 29.7 Å². The number of rotatable bonds is 0. The van der Waals surface area contributed by atoms with Crippen molar-refractivity contribution in [1.82, 2.24) is 0 Å². The molecular formula is C6H10BrNa3O6. The van der Waals surface area contributed by atoms with Crippen molar-refractivity contribution in [3.63, 3.8) is 0 Å². The maximum Gasteiger partial charge on any atom is 1.00 e. The van der Waals surface area contributed by atoms with Gasteiger partial charge >= 0.3 is 88.7 Å². The minimum absolute atomic E-state index is 0. The molecule has 0 N–H and O–H groups in total. The Morgan fingerprint density at radius 1 is 0.625 bits per heavy atom. The van der Waals surface area contributed by atoms with Crippen molar-refractivity contribution >= 4 is 34.9 Å². The van der Waals surface area contributed by atoms with E-state index in [2.05, 4.69) is 0 Å². The molecule has 0 atom stereocenters. The van der Waals surface area contributed by atoms with E-state index in [1.807, 2.05) is 0 Å². The van der Waals surface area contributed by atoms with Gasteiger partial charge in [0.2, 0.25) is 0 Å². The Labute approximate surface area is 171 Å². The second kappa shape index (κ2) is 36.0. The predicted octanol–water partition coefficient (Wildman–Crippen LogP) is -12.1. The molecule has 0 saturated carbocycles. The van der Waals surface area contributed by atoms with Gasteiger partial charge in [-0.3, -0.25) is 0 Å². The van der Waals surface area contributed by atoms with Crippen LogP contribution in [0.15, 0.2) is 0 Å². The average molecular weight is 327 g/mol. The number of carboxylic acid groups (broad SMARTS) is 3. The Hall–Kier alpha value is 1.89. The molecule has 0 aliphatic rings. The summed E-state index contributed by atoms with van der Waals surface area (Å²) in [6.45, 7) is 2.92. The van der Waals surface area contributed by atoms with Crippen LogP contribution in [0.5, 0.6) is 0 Å². The fraction of sp³-hybridized carbons (Fsp3) is 0.500. The predicted molar refractivity (Wildman–Crippen MR) is 42.4 cm³/mol. The molecule has 0 amide bonds. The van der Waals surface area contributed by atoms with Crippen molar-refractivity contribution in [2.24, 2.45) is 0 Å². The molecule has 0 radical (unpaired) electrons. The molecule has 0 aromatic heterocycles. The number of hydrogen-bond donors (Lipinski definition) is 0. The van der Waals surface area contributed by atoms with Crippen molar-refractivity contribution < 1.29 is 118 Å². The number of hydrogen-bond acceptors (Lipinski definition) is 6. The summed E-state index contributed by atoms with van der Waals surface area (Å²) >= 11 is 0. The molecule has 16 heavy (non-hydrogen) atoms. The van der Waals surface area contributed by atoms with Crippen LogP contribution in [0.25, 0.3) is 0 Å². The van der Waals surface area contributed by atoms with Gasteiger partial charge in [0.25, 0.3) is 0 Å². The van der Waals surface area contributed by atoms with Crippen LogP contribution in [0.4, 0.5) is 0 Å². The summed E-state index contributed by atoms with van der Waals surface area (Å²) in [5, 5.41) is 26.7. The standard InChI is InChI=1S/3C2H4O2.BrH.3Na/c3*1-2(3)4;;;;/h3*1H3,(H,3,4);1H;;;/q;;;;3*+1/p-3. The van der Waals surface area contributed by atoms with Gasteiger partial charge in [-0.1, -0.05) is 0 Å². The third-order valence-electron chi connectivity index (χ3n) is 0. The first-order valence-electron chi connectivity index (χ1n) is 2.72. The Morgan fingerprint density at radius 3 is 0.625 bits per heavy atom. The molecule has 0 aliphatic heterocycles. The molecule has 80 valence electrons. The minimum atomic E-state index is -1.08. The van der Waals surface area contributed by atoms with Gasteiger partial charge in [0.05, 0.1) is 0 Å². The SMILES string of the molecule is Br.CC(=O)[O-].CC(=O)[O-].CC(=O)[O-].[Na+].[Na+].[Na+]. The van der Waals surface area contributed by atoms with Crippen LogP contribution in [-0.4, -0.2) is 17.9 Å². The largest absolute Gasteiger partial charge is 1.00 e. The van der Waals surface area contributed by atoms with Crippen molar-refractivity contribution in [1.29, 1.82) is 0 Å². The topological polar surface area (TPSA) is 120 Å². The van der Waals surface area contributed by atoms with Gasteiger partial charge in [0.15, 0.2) is 0 Å². The van der Waals surface area contributed by atoms with Crippen LogP contribution in [0.3, 0.4) is 0 Å². The van der Waals surface area contributed by atoms with Gasteiger partial charge in [-0.25, -0.2) is 0 Å². The first-order valence-corrected chi connectivity index (χ1v) is 2.72. The van der Waals surface area contributed by atoms with E-state index in [0.717, 1.165) is 20.8 Å². The van der Waals surface area contributed by atoms with Gasteiger partial charge in [-0.15, -0.1) is 17.0 Å². The first-order chi connectivity index (χ1) is 5.20. The van der Waals surface area contributed by atoms with E-state index in [0.29, 0.717) is 0 Å². The number of aliphatic carboxylic acids is 3. The summed E-state index contributed by atoms with van der Waals surface area (Å²) in [5.74, 6) is -3.25. The molecule has 0 bridgehead atoms. The zero-order valence-corrected chi connectivity index (χ0v) is 18.1. The summed E-state index contributed by atoms with van der Waals surface area (Å²) in [7, 11) is 0. The van der Waals surface area contributed by atoms with E-state index >= 15 is 0 Å². The van der Waals surface area contributed by atoms with Gasteiger partial charge in [0, 0.05) is 17.9 Å². The molecule has 0 heterocycles. The van der Waals surface area contributed by atoms with E-state index in [1.165, 1.54) is 0 Å².